The molecule has 0 aliphatic carbocycles. The number of aromatic amines is 1. The van der Waals surface area contributed by atoms with Crippen LogP contribution in [0, 0.1) is 0 Å². The van der Waals surface area contributed by atoms with Crippen molar-refractivity contribution < 1.29 is 24.2 Å². The number of H-pyrrole nitrogens is 1. The summed E-state index contributed by atoms with van der Waals surface area (Å²) in [5.74, 6) is 0.401. The zero-order chi connectivity index (χ0) is 31.7. The Morgan fingerprint density at radius 1 is 0.761 bits per heavy atom. The third kappa shape index (κ3) is 7.11. The van der Waals surface area contributed by atoms with Gasteiger partial charge >= 0.3 is 5.97 Å². The van der Waals surface area contributed by atoms with Gasteiger partial charge in [-0.15, -0.1) is 0 Å². The summed E-state index contributed by atoms with van der Waals surface area (Å²) in [6, 6.07) is 36.7. The maximum absolute atomic E-state index is 12.7. The molecule has 1 amide bonds. The molecule has 1 heterocycles. The van der Waals surface area contributed by atoms with Crippen molar-refractivity contribution in [2.45, 2.75) is 12.8 Å². The number of ether oxygens (including phenoxy) is 2. The molecule has 0 aliphatic rings. The number of carbonyl (C=O) groups is 2. The number of aromatic carboxylic acids is 1. The van der Waals surface area contributed by atoms with E-state index in [1.165, 1.54) is 0 Å². The number of benzene rings is 5. The van der Waals surface area contributed by atoms with Crippen molar-refractivity contribution in [3.63, 3.8) is 0 Å². The summed E-state index contributed by atoms with van der Waals surface area (Å²) in [7, 11) is 0. The van der Waals surface area contributed by atoms with Gasteiger partial charge in [0, 0.05) is 16.3 Å². The molecule has 230 valence electrons. The Hall–Kier alpha value is -5.82. The zero-order valence-electron chi connectivity index (χ0n) is 25.2. The minimum absolute atomic E-state index is 0.182. The molecule has 0 radical (unpaired) electrons. The average Bonchev–Trinajstić information content (AvgIpc) is 3.48. The maximum atomic E-state index is 12.7. The number of aromatic nitrogens is 1. The summed E-state index contributed by atoms with van der Waals surface area (Å²) in [6.45, 7) is 1.21. The van der Waals surface area contributed by atoms with Crippen LogP contribution in [0.1, 0.15) is 44.0 Å². The molecule has 0 saturated carbocycles. The van der Waals surface area contributed by atoms with Crippen LogP contribution in [0.2, 0.25) is 0 Å². The van der Waals surface area contributed by atoms with Crippen LogP contribution in [0.3, 0.4) is 0 Å². The largest absolute Gasteiger partial charge is 0.493 e. The lowest BCUT2D eigenvalue weighted by Gasteiger charge is -2.09. The Morgan fingerprint density at radius 3 is 2.39 bits per heavy atom. The molecule has 6 aromatic rings. The summed E-state index contributed by atoms with van der Waals surface area (Å²) in [5, 5.41) is 15.9. The number of carboxylic acids is 1. The number of carbonyl (C=O) groups excluding carboxylic acids is 1. The first kappa shape index (κ1) is 30.2. The number of hydrogen-bond donors (Lipinski definition) is 3. The van der Waals surface area contributed by atoms with Crippen LogP contribution >= 0.6 is 0 Å². The van der Waals surface area contributed by atoms with Crippen LogP contribution in [0.4, 0.5) is 0 Å². The molecule has 7 nitrogen and oxygen atoms in total. The highest BCUT2D eigenvalue weighted by Crippen LogP contribution is 2.29. The molecule has 0 spiro atoms. The maximum Gasteiger partial charge on any atom is 0.352 e. The predicted molar refractivity (Wildman–Crippen MR) is 183 cm³/mol. The van der Waals surface area contributed by atoms with Gasteiger partial charge in [-0.2, -0.15) is 0 Å². The van der Waals surface area contributed by atoms with Gasteiger partial charge in [-0.3, -0.25) is 4.79 Å². The zero-order valence-corrected chi connectivity index (χ0v) is 25.2. The summed E-state index contributed by atoms with van der Waals surface area (Å²) < 4.78 is 11.8. The van der Waals surface area contributed by atoms with Crippen LogP contribution in [-0.2, 0) is 6.42 Å². The molecule has 0 unspecified atom stereocenters. The Balaban J connectivity index is 1.12. The molecule has 0 aliphatic heterocycles. The molecule has 0 fully saturated rings. The average molecular weight is 611 g/mol. The summed E-state index contributed by atoms with van der Waals surface area (Å²) in [5.41, 5.74) is 3.95. The molecular formula is C39H34N2O5. The number of nitrogens with one attached hydrogen (secondary N) is 2. The highest BCUT2D eigenvalue weighted by Gasteiger charge is 2.18. The van der Waals surface area contributed by atoms with Gasteiger partial charge in [0.2, 0.25) is 0 Å². The number of fused-ring (bicyclic) bond motifs is 2. The molecule has 3 N–H and O–H groups in total. The second-order valence-corrected chi connectivity index (χ2v) is 10.9. The van der Waals surface area contributed by atoms with E-state index in [2.05, 4.69) is 22.4 Å². The van der Waals surface area contributed by atoms with E-state index in [1.807, 2.05) is 109 Å². The van der Waals surface area contributed by atoms with E-state index in [0.717, 1.165) is 49.9 Å². The highest BCUT2D eigenvalue weighted by atomic mass is 16.5. The van der Waals surface area contributed by atoms with Crippen LogP contribution in [-0.4, -0.2) is 41.7 Å². The van der Waals surface area contributed by atoms with Crippen LogP contribution in [0.15, 0.2) is 115 Å². The first-order chi connectivity index (χ1) is 22.6. The Labute approximate surface area is 267 Å². The molecule has 5 aromatic carbocycles. The lowest BCUT2D eigenvalue weighted by atomic mass is 10.0. The Morgan fingerprint density at radius 2 is 1.52 bits per heavy atom. The van der Waals surface area contributed by atoms with Gasteiger partial charge in [0.15, 0.2) is 0 Å². The van der Waals surface area contributed by atoms with E-state index in [4.69, 9.17) is 9.47 Å². The third-order valence-electron chi connectivity index (χ3n) is 7.77. The van der Waals surface area contributed by atoms with E-state index in [-0.39, 0.29) is 11.6 Å². The molecular weight excluding hydrogens is 576 g/mol. The summed E-state index contributed by atoms with van der Waals surface area (Å²) in [6.07, 6.45) is 5.06. The molecule has 0 saturated heterocycles. The minimum atomic E-state index is -0.996. The van der Waals surface area contributed by atoms with Gasteiger partial charge in [-0.05, 0) is 65.3 Å². The molecule has 0 bridgehead atoms. The molecule has 0 atom stereocenters. The van der Waals surface area contributed by atoms with E-state index >= 15 is 0 Å². The first-order valence-electron chi connectivity index (χ1n) is 15.3. The number of aryl methyl sites for hydroxylation is 1. The minimum Gasteiger partial charge on any atom is -0.493 e. The number of hydrogen-bond acceptors (Lipinski definition) is 4. The lowest BCUT2D eigenvalue weighted by Crippen LogP contribution is -2.28. The third-order valence-corrected chi connectivity index (χ3v) is 7.77. The van der Waals surface area contributed by atoms with Crippen molar-refractivity contribution in [1.82, 2.24) is 10.3 Å². The lowest BCUT2D eigenvalue weighted by molar-refractivity contribution is 0.0690. The Kier molecular flexibility index (Phi) is 9.40. The molecule has 1 aromatic heterocycles. The van der Waals surface area contributed by atoms with Gasteiger partial charge < -0.3 is 24.9 Å². The fraction of sp³-hybridized carbons (Fsp3) is 0.128. The number of rotatable bonds is 13. The SMILES string of the molecule is O=C(NCCOc1ccccc1)c1cccc(C=Cc2cccc3c(CCCOc4cccc5ccccc45)c(C(=O)O)[nH]c23)c1. The van der Waals surface area contributed by atoms with Crippen LogP contribution < -0.4 is 14.8 Å². The van der Waals surface area contributed by atoms with Gasteiger partial charge in [0.1, 0.15) is 23.8 Å². The van der Waals surface area contributed by atoms with Crippen molar-refractivity contribution in [2.75, 3.05) is 19.8 Å². The van der Waals surface area contributed by atoms with Crippen LogP contribution in [0.5, 0.6) is 11.5 Å². The van der Waals surface area contributed by atoms with Crippen molar-refractivity contribution in [2.24, 2.45) is 0 Å². The van der Waals surface area contributed by atoms with Gasteiger partial charge in [-0.1, -0.05) is 97.1 Å². The predicted octanol–water partition coefficient (Wildman–Crippen LogP) is 8.01. The quantitative estimate of drug-likeness (QED) is 0.0909. The number of carboxylic acid groups (broad SMARTS) is 1. The van der Waals surface area contributed by atoms with Crippen molar-refractivity contribution in [3.05, 3.63) is 143 Å². The van der Waals surface area contributed by atoms with E-state index < -0.39 is 5.97 Å². The fourth-order valence-corrected chi connectivity index (χ4v) is 5.55. The van der Waals surface area contributed by atoms with Crippen molar-refractivity contribution in [3.8, 4) is 11.5 Å². The summed E-state index contributed by atoms with van der Waals surface area (Å²) >= 11 is 0. The highest BCUT2D eigenvalue weighted by molar-refractivity contribution is 6.01. The van der Waals surface area contributed by atoms with E-state index in [1.54, 1.807) is 6.07 Å². The van der Waals surface area contributed by atoms with Gasteiger partial charge in [0.05, 0.1) is 18.7 Å². The number of para-hydroxylation sites is 2. The van der Waals surface area contributed by atoms with Gasteiger partial charge in [0.25, 0.3) is 5.91 Å². The Bertz CT molecular complexity index is 2010. The van der Waals surface area contributed by atoms with Crippen molar-refractivity contribution in [1.29, 1.82) is 0 Å². The standard InChI is InChI=1S/C39H34N2O5/c42-38(40-23-25-45-31-15-2-1-3-16-31)30-14-6-10-27(26-30)21-22-29-13-7-18-33-34(37(39(43)44)41-36(29)33)19-9-24-46-35-20-8-12-28-11-4-5-17-32(28)35/h1-8,10-18,20-22,26,41H,9,19,23-25H2,(H,40,42)(H,43,44). The molecule has 6 rings (SSSR count). The van der Waals surface area contributed by atoms with Gasteiger partial charge in [-0.25, -0.2) is 4.79 Å². The second-order valence-electron chi connectivity index (χ2n) is 10.9. The van der Waals surface area contributed by atoms with E-state index in [9.17, 15) is 14.7 Å². The fourth-order valence-electron chi connectivity index (χ4n) is 5.55. The summed E-state index contributed by atoms with van der Waals surface area (Å²) in [4.78, 5) is 28.1. The first-order valence-corrected chi connectivity index (χ1v) is 15.3. The molecule has 46 heavy (non-hydrogen) atoms. The number of amides is 1. The van der Waals surface area contributed by atoms with Crippen LogP contribution in [0.25, 0.3) is 33.8 Å². The monoisotopic (exact) mass is 610 g/mol. The normalized spacial score (nSPS) is 11.2. The second kappa shape index (κ2) is 14.3. The topological polar surface area (TPSA) is 101 Å². The molecule has 7 heteroatoms. The smallest absolute Gasteiger partial charge is 0.352 e. The van der Waals surface area contributed by atoms with E-state index in [0.29, 0.717) is 38.2 Å². The van der Waals surface area contributed by atoms with Crippen molar-refractivity contribution >= 4 is 45.7 Å².